The fraction of sp³-hybridized carbons (Fsp3) is 0.812. The average Bonchev–Trinajstić information content (AvgIpc) is 2.60. The Kier molecular flexibility index (Phi) is 2.49. The van der Waals surface area contributed by atoms with Gasteiger partial charge >= 0.3 is 0 Å². The van der Waals surface area contributed by atoms with Crippen LogP contribution in [0.3, 0.4) is 0 Å². The van der Waals surface area contributed by atoms with Crippen LogP contribution in [0, 0.1) is 43.4 Å². The molecular weight excluding hydrogens is 234 g/mol. The highest BCUT2D eigenvalue weighted by molar-refractivity contribution is 5.46. The fourth-order valence-corrected chi connectivity index (χ4v) is 5.42. The predicted molar refractivity (Wildman–Crippen MR) is 76.6 cm³/mol. The van der Waals surface area contributed by atoms with Gasteiger partial charge in [-0.05, 0) is 75.5 Å². The molecule has 4 saturated carbocycles. The van der Waals surface area contributed by atoms with Crippen LogP contribution in [0.5, 0.6) is 0 Å². The van der Waals surface area contributed by atoms with Crippen molar-refractivity contribution in [2.24, 2.45) is 29.6 Å². The molecule has 4 fully saturated rings. The Hall–Kier alpha value is -0.990. The van der Waals surface area contributed by atoms with Gasteiger partial charge in [0.05, 0.1) is 17.1 Å². The van der Waals surface area contributed by atoms with Crippen LogP contribution in [0.1, 0.15) is 43.5 Å². The zero-order valence-electron chi connectivity index (χ0n) is 12.1. The first-order valence-corrected chi connectivity index (χ1v) is 7.91. The summed E-state index contributed by atoms with van der Waals surface area (Å²) in [5, 5.41) is 4.65. The van der Waals surface area contributed by atoms with Gasteiger partial charge in [0.25, 0.3) is 0 Å². The van der Waals surface area contributed by atoms with Gasteiger partial charge in [-0.25, -0.2) is 0 Å². The standard InChI is InChI=1S/C16H25N3/c1-9-16(17)10(2)19(18-9)8-15-13-4-11-3-12(6-13)7-14(15)5-11/h11-15H,3-8,17H2,1-2H3. The first-order chi connectivity index (χ1) is 9.11. The summed E-state index contributed by atoms with van der Waals surface area (Å²) >= 11 is 0. The molecule has 1 aromatic heterocycles. The van der Waals surface area contributed by atoms with E-state index in [0.717, 1.165) is 47.5 Å². The van der Waals surface area contributed by atoms with Crippen LogP contribution < -0.4 is 5.73 Å². The highest BCUT2D eigenvalue weighted by atomic mass is 15.3. The second-order valence-corrected chi connectivity index (χ2v) is 7.36. The van der Waals surface area contributed by atoms with E-state index in [2.05, 4.69) is 16.7 Å². The van der Waals surface area contributed by atoms with E-state index >= 15 is 0 Å². The van der Waals surface area contributed by atoms with Gasteiger partial charge < -0.3 is 5.73 Å². The lowest BCUT2D eigenvalue weighted by atomic mass is 9.52. The summed E-state index contributed by atoms with van der Waals surface area (Å²) in [7, 11) is 0. The third-order valence-electron chi connectivity index (χ3n) is 6.24. The monoisotopic (exact) mass is 259 g/mol. The van der Waals surface area contributed by atoms with Gasteiger partial charge in [-0.15, -0.1) is 0 Å². The van der Waals surface area contributed by atoms with E-state index in [1.807, 2.05) is 6.92 Å². The smallest absolute Gasteiger partial charge is 0.0825 e. The molecule has 4 bridgehead atoms. The van der Waals surface area contributed by atoms with Crippen molar-refractivity contribution < 1.29 is 0 Å². The molecule has 4 aliphatic rings. The van der Waals surface area contributed by atoms with Crippen molar-refractivity contribution in [1.29, 1.82) is 0 Å². The minimum absolute atomic E-state index is 0.866. The van der Waals surface area contributed by atoms with Crippen LogP contribution in [-0.2, 0) is 6.54 Å². The topological polar surface area (TPSA) is 43.8 Å². The summed E-state index contributed by atoms with van der Waals surface area (Å²) in [6.45, 7) is 5.25. The van der Waals surface area contributed by atoms with E-state index in [9.17, 15) is 0 Å². The number of anilines is 1. The van der Waals surface area contributed by atoms with Crippen LogP contribution in [-0.4, -0.2) is 9.78 Å². The molecule has 0 radical (unpaired) electrons. The van der Waals surface area contributed by atoms with Crippen molar-refractivity contribution in [3.63, 3.8) is 0 Å². The van der Waals surface area contributed by atoms with E-state index in [1.165, 1.54) is 37.8 Å². The molecule has 0 aromatic carbocycles. The second-order valence-electron chi connectivity index (χ2n) is 7.36. The molecule has 0 unspecified atom stereocenters. The van der Waals surface area contributed by atoms with Crippen molar-refractivity contribution in [2.75, 3.05) is 5.73 Å². The van der Waals surface area contributed by atoms with Crippen LogP contribution in [0.4, 0.5) is 5.69 Å². The van der Waals surface area contributed by atoms with Gasteiger partial charge in [0.2, 0.25) is 0 Å². The Bertz CT molecular complexity index is 474. The van der Waals surface area contributed by atoms with E-state index in [0.29, 0.717) is 0 Å². The summed E-state index contributed by atoms with van der Waals surface area (Å²) in [6.07, 6.45) is 7.50. The summed E-state index contributed by atoms with van der Waals surface area (Å²) in [5.41, 5.74) is 9.14. The zero-order valence-corrected chi connectivity index (χ0v) is 12.1. The van der Waals surface area contributed by atoms with E-state index in [4.69, 9.17) is 5.73 Å². The molecule has 104 valence electrons. The number of hydrogen-bond acceptors (Lipinski definition) is 2. The Balaban J connectivity index is 1.58. The first kappa shape index (κ1) is 11.8. The molecule has 4 aliphatic carbocycles. The normalized spacial score (nSPS) is 40.0. The minimum Gasteiger partial charge on any atom is -0.396 e. The summed E-state index contributed by atoms with van der Waals surface area (Å²) < 4.78 is 2.19. The Morgan fingerprint density at radius 1 is 1.05 bits per heavy atom. The quantitative estimate of drug-likeness (QED) is 0.886. The maximum Gasteiger partial charge on any atom is 0.0825 e. The molecule has 0 aliphatic heterocycles. The van der Waals surface area contributed by atoms with Crippen molar-refractivity contribution in [3.05, 3.63) is 11.4 Å². The van der Waals surface area contributed by atoms with E-state index in [-0.39, 0.29) is 0 Å². The molecular formula is C16H25N3. The van der Waals surface area contributed by atoms with Crippen molar-refractivity contribution in [1.82, 2.24) is 9.78 Å². The molecule has 3 nitrogen and oxygen atoms in total. The molecule has 0 spiro atoms. The van der Waals surface area contributed by atoms with Crippen molar-refractivity contribution in [3.8, 4) is 0 Å². The second kappa shape index (κ2) is 4.00. The number of rotatable bonds is 2. The SMILES string of the molecule is Cc1nn(CC2C3CC4CC(C3)CC2C4)c(C)c1N. The number of nitrogens with two attached hydrogens (primary N) is 1. The third kappa shape index (κ3) is 1.73. The van der Waals surface area contributed by atoms with Crippen LogP contribution in [0.2, 0.25) is 0 Å². The first-order valence-electron chi connectivity index (χ1n) is 7.91. The van der Waals surface area contributed by atoms with Gasteiger partial charge in [-0.2, -0.15) is 5.10 Å². The number of nitrogens with zero attached hydrogens (tertiary/aromatic N) is 2. The molecule has 0 amide bonds. The lowest BCUT2D eigenvalue weighted by Gasteiger charge is -2.54. The van der Waals surface area contributed by atoms with E-state index < -0.39 is 0 Å². The third-order valence-corrected chi connectivity index (χ3v) is 6.24. The largest absolute Gasteiger partial charge is 0.396 e. The average molecular weight is 259 g/mol. The molecule has 0 saturated heterocycles. The molecule has 3 heteroatoms. The molecule has 2 N–H and O–H groups in total. The fourth-order valence-electron chi connectivity index (χ4n) is 5.42. The molecule has 1 heterocycles. The van der Waals surface area contributed by atoms with Gasteiger partial charge in [0.15, 0.2) is 0 Å². The molecule has 5 rings (SSSR count). The molecule has 0 atom stereocenters. The maximum atomic E-state index is 6.07. The highest BCUT2D eigenvalue weighted by Crippen LogP contribution is 2.56. The maximum absolute atomic E-state index is 6.07. The lowest BCUT2D eigenvalue weighted by Crippen LogP contribution is -2.46. The van der Waals surface area contributed by atoms with Crippen molar-refractivity contribution >= 4 is 5.69 Å². The molecule has 1 aromatic rings. The Morgan fingerprint density at radius 3 is 2.11 bits per heavy atom. The van der Waals surface area contributed by atoms with Gasteiger partial charge in [0, 0.05) is 6.54 Å². The summed E-state index contributed by atoms with van der Waals surface area (Å²) in [5.74, 6) is 4.93. The summed E-state index contributed by atoms with van der Waals surface area (Å²) in [6, 6.07) is 0. The predicted octanol–water partition coefficient (Wildman–Crippen LogP) is 3.15. The summed E-state index contributed by atoms with van der Waals surface area (Å²) in [4.78, 5) is 0. The van der Waals surface area contributed by atoms with Crippen LogP contribution >= 0.6 is 0 Å². The van der Waals surface area contributed by atoms with Crippen molar-refractivity contribution in [2.45, 2.75) is 52.5 Å². The van der Waals surface area contributed by atoms with Gasteiger partial charge in [0.1, 0.15) is 0 Å². The highest BCUT2D eigenvalue weighted by Gasteiger charge is 2.48. The Labute approximate surface area is 115 Å². The van der Waals surface area contributed by atoms with Gasteiger partial charge in [-0.1, -0.05) is 0 Å². The number of nitrogen functional groups attached to an aromatic ring is 1. The Morgan fingerprint density at radius 2 is 1.63 bits per heavy atom. The van der Waals surface area contributed by atoms with Crippen LogP contribution in [0.15, 0.2) is 0 Å². The lowest BCUT2D eigenvalue weighted by molar-refractivity contribution is -0.0444. The number of hydrogen-bond donors (Lipinski definition) is 1. The number of aryl methyl sites for hydroxylation is 1. The minimum atomic E-state index is 0.866. The molecule has 19 heavy (non-hydrogen) atoms. The van der Waals surface area contributed by atoms with Crippen LogP contribution in [0.25, 0.3) is 0 Å². The zero-order chi connectivity index (χ0) is 13.1. The van der Waals surface area contributed by atoms with E-state index in [1.54, 1.807) is 0 Å². The number of aromatic nitrogens is 2. The van der Waals surface area contributed by atoms with Gasteiger partial charge in [-0.3, -0.25) is 4.68 Å².